The fourth-order valence-electron chi connectivity index (χ4n) is 1.81. The van der Waals surface area contributed by atoms with Gasteiger partial charge in [-0.05, 0) is 29.6 Å². The molecule has 1 aliphatic heterocycles. The smallest absolute Gasteiger partial charge is 0.276 e. The second-order valence-corrected chi connectivity index (χ2v) is 4.58. The molecular formula is C12H10N3O4S-. The third-order valence-corrected chi connectivity index (χ3v) is 3.49. The predicted molar refractivity (Wildman–Crippen MR) is 73.7 cm³/mol. The monoisotopic (exact) mass is 292 g/mol. The number of carbonyl (C=O) groups is 1. The number of benzene rings is 1. The highest BCUT2D eigenvalue weighted by atomic mass is 32.1. The van der Waals surface area contributed by atoms with E-state index in [0.717, 1.165) is 12.1 Å². The lowest BCUT2D eigenvalue weighted by molar-refractivity contribution is -0.398. The predicted octanol–water partition coefficient (Wildman–Crippen LogP) is 0.698. The van der Waals surface area contributed by atoms with Crippen molar-refractivity contribution in [1.82, 2.24) is 9.80 Å². The topological polar surface area (TPSA) is 89.8 Å². The lowest BCUT2D eigenvalue weighted by atomic mass is 10.1. The Labute approximate surface area is 119 Å². The quantitative estimate of drug-likeness (QED) is 0.345. The Morgan fingerprint density at radius 1 is 1.30 bits per heavy atom. The minimum Gasteiger partial charge on any atom is -0.868 e. The standard InChI is InChI=1S/C12H11N3O4S/c1-13-9(11(17)14(2)12(13)20)6-7-3-4-10(16)8(5-7)15(18)19/h3-6,16H,1-2H3/p-1/b9-6+. The Bertz CT molecular complexity index is 656. The van der Waals surface area contributed by atoms with Gasteiger partial charge in [0.2, 0.25) is 0 Å². The van der Waals surface area contributed by atoms with Crippen LogP contribution in [-0.4, -0.2) is 39.8 Å². The number of hydrogen-bond donors (Lipinski definition) is 0. The van der Waals surface area contributed by atoms with Gasteiger partial charge in [0.25, 0.3) is 11.6 Å². The van der Waals surface area contributed by atoms with Crippen molar-refractivity contribution in [3.63, 3.8) is 0 Å². The van der Waals surface area contributed by atoms with Crippen molar-refractivity contribution in [3.8, 4) is 5.75 Å². The van der Waals surface area contributed by atoms with Gasteiger partial charge in [-0.2, -0.15) is 0 Å². The molecule has 8 heteroatoms. The van der Waals surface area contributed by atoms with Gasteiger partial charge < -0.3 is 10.0 Å². The van der Waals surface area contributed by atoms with E-state index >= 15 is 0 Å². The van der Waals surface area contributed by atoms with E-state index in [9.17, 15) is 20.0 Å². The van der Waals surface area contributed by atoms with E-state index in [0.29, 0.717) is 16.4 Å². The van der Waals surface area contributed by atoms with Gasteiger partial charge in [0.05, 0.1) is 4.92 Å². The summed E-state index contributed by atoms with van der Waals surface area (Å²) in [6, 6.07) is 3.66. The number of nitro groups is 1. The van der Waals surface area contributed by atoms with Gasteiger partial charge in [-0.3, -0.25) is 19.8 Å². The van der Waals surface area contributed by atoms with E-state index in [4.69, 9.17) is 12.2 Å². The molecular weight excluding hydrogens is 282 g/mol. The maximum Gasteiger partial charge on any atom is 0.276 e. The van der Waals surface area contributed by atoms with Crippen LogP contribution >= 0.6 is 12.2 Å². The summed E-state index contributed by atoms with van der Waals surface area (Å²) in [5.41, 5.74) is 0.165. The number of carbonyl (C=O) groups excluding carboxylic acids is 1. The zero-order valence-electron chi connectivity index (χ0n) is 10.7. The summed E-state index contributed by atoms with van der Waals surface area (Å²) in [5.74, 6) is -0.970. The average Bonchev–Trinajstić information content (AvgIpc) is 2.58. The van der Waals surface area contributed by atoms with Gasteiger partial charge >= 0.3 is 0 Å². The zero-order chi connectivity index (χ0) is 15.0. The number of likely N-dealkylation sites (N-methyl/N-ethyl adjacent to an activating group) is 2. The molecule has 0 aliphatic carbocycles. The fourth-order valence-corrected chi connectivity index (χ4v) is 1.99. The highest BCUT2D eigenvalue weighted by Crippen LogP contribution is 2.27. The van der Waals surface area contributed by atoms with Crippen molar-refractivity contribution < 1.29 is 14.8 Å². The first kappa shape index (κ1) is 13.9. The van der Waals surface area contributed by atoms with Crippen molar-refractivity contribution in [2.75, 3.05) is 14.1 Å². The van der Waals surface area contributed by atoms with Crippen LogP contribution in [0.4, 0.5) is 5.69 Å². The second kappa shape index (κ2) is 4.89. The molecule has 0 N–H and O–H groups in total. The SMILES string of the molecule is CN1C(=O)/C(=C\c2ccc([O-])c([N+](=O)[O-])c2)N(C)C1=S. The van der Waals surface area contributed by atoms with Gasteiger partial charge in [0.1, 0.15) is 5.70 Å². The first-order valence-electron chi connectivity index (χ1n) is 5.56. The summed E-state index contributed by atoms with van der Waals surface area (Å²) >= 11 is 5.05. The molecule has 20 heavy (non-hydrogen) atoms. The van der Waals surface area contributed by atoms with Crippen molar-refractivity contribution in [2.24, 2.45) is 0 Å². The van der Waals surface area contributed by atoms with Crippen LogP contribution in [0.1, 0.15) is 5.56 Å². The lowest BCUT2D eigenvalue weighted by Gasteiger charge is -2.11. The third kappa shape index (κ3) is 2.21. The Morgan fingerprint density at radius 3 is 2.45 bits per heavy atom. The molecule has 7 nitrogen and oxygen atoms in total. The molecule has 0 bridgehead atoms. The van der Waals surface area contributed by atoms with Crippen LogP contribution in [0, 0.1) is 10.1 Å². The molecule has 1 amide bonds. The van der Waals surface area contributed by atoms with E-state index < -0.39 is 16.4 Å². The van der Waals surface area contributed by atoms with Crippen molar-refractivity contribution in [2.45, 2.75) is 0 Å². The van der Waals surface area contributed by atoms with Crippen LogP contribution < -0.4 is 5.11 Å². The molecule has 1 saturated heterocycles. The van der Waals surface area contributed by atoms with Gasteiger partial charge in [-0.25, -0.2) is 0 Å². The minimum atomic E-state index is -0.749. The summed E-state index contributed by atoms with van der Waals surface area (Å²) < 4.78 is 0. The van der Waals surface area contributed by atoms with Crippen molar-refractivity contribution >= 4 is 35.0 Å². The first-order valence-corrected chi connectivity index (χ1v) is 5.96. The molecule has 1 aromatic carbocycles. The summed E-state index contributed by atoms with van der Waals surface area (Å²) in [4.78, 5) is 24.7. The Kier molecular flexibility index (Phi) is 3.41. The molecule has 0 spiro atoms. The molecule has 0 aromatic heterocycles. The van der Waals surface area contributed by atoms with Crippen molar-refractivity contribution in [1.29, 1.82) is 0 Å². The number of amides is 1. The van der Waals surface area contributed by atoms with Crippen LogP contribution in [-0.2, 0) is 4.79 Å². The highest BCUT2D eigenvalue weighted by molar-refractivity contribution is 7.80. The molecule has 1 fully saturated rings. The number of hydrogen-bond acceptors (Lipinski definition) is 5. The number of thiocarbonyl (C=S) groups is 1. The third-order valence-electron chi connectivity index (χ3n) is 2.94. The average molecular weight is 292 g/mol. The molecule has 1 aliphatic rings. The van der Waals surface area contributed by atoms with E-state index in [-0.39, 0.29) is 5.91 Å². The summed E-state index contributed by atoms with van der Waals surface area (Å²) in [7, 11) is 3.18. The Balaban J connectivity index is 2.46. The number of rotatable bonds is 2. The number of nitrogens with zero attached hydrogens (tertiary/aromatic N) is 3. The molecule has 0 radical (unpaired) electrons. The van der Waals surface area contributed by atoms with E-state index in [1.807, 2.05) is 0 Å². The van der Waals surface area contributed by atoms with Gasteiger partial charge in [-0.15, -0.1) is 0 Å². The molecule has 0 saturated carbocycles. The maximum absolute atomic E-state index is 11.9. The number of nitro benzene ring substituents is 1. The van der Waals surface area contributed by atoms with Crippen LogP contribution in [0.2, 0.25) is 0 Å². The highest BCUT2D eigenvalue weighted by Gasteiger charge is 2.32. The molecule has 2 rings (SSSR count). The Morgan fingerprint density at radius 2 is 1.95 bits per heavy atom. The van der Waals surface area contributed by atoms with Crippen LogP contribution in [0.15, 0.2) is 23.9 Å². The van der Waals surface area contributed by atoms with Gasteiger partial charge in [0, 0.05) is 20.2 Å². The van der Waals surface area contributed by atoms with E-state index in [2.05, 4.69) is 0 Å². The molecule has 104 valence electrons. The van der Waals surface area contributed by atoms with Gasteiger partial charge in [0.15, 0.2) is 5.11 Å². The normalized spacial score (nSPS) is 17.2. The second-order valence-electron chi connectivity index (χ2n) is 4.22. The van der Waals surface area contributed by atoms with E-state index in [1.165, 1.54) is 21.9 Å². The molecule has 0 unspecified atom stereocenters. The van der Waals surface area contributed by atoms with Gasteiger partial charge in [-0.1, -0.05) is 12.1 Å². The molecule has 1 aromatic rings. The van der Waals surface area contributed by atoms with Crippen LogP contribution in [0.25, 0.3) is 6.08 Å². The van der Waals surface area contributed by atoms with E-state index in [1.54, 1.807) is 14.1 Å². The first-order chi connectivity index (χ1) is 9.32. The minimum absolute atomic E-state index is 0.297. The lowest BCUT2D eigenvalue weighted by Crippen LogP contribution is -2.26. The Hall–Kier alpha value is -2.48. The summed E-state index contributed by atoms with van der Waals surface area (Å²) in [6.07, 6.45) is 1.46. The largest absolute Gasteiger partial charge is 0.868 e. The molecule has 0 atom stereocenters. The maximum atomic E-state index is 11.9. The summed E-state index contributed by atoms with van der Waals surface area (Å²) in [6.45, 7) is 0. The van der Waals surface area contributed by atoms with Crippen LogP contribution in [0.5, 0.6) is 5.75 Å². The fraction of sp³-hybridized carbons (Fsp3) is 0.167. The molecule has 1 heterocycles. The zero-order valence-corrected chi connectivity index (χ0v) is 11.5. The van der Waals surface area contributed by atoms with Crippen LogP contribution in [0.3, 0.4) is 0 Å². The summed E-state index contributed by atoms with van der Waals surface area (Å²) in [5, 5.41) is 22.4. The van der Waals surface area contributed by atoms with Crippen molar-refractivity contribution in [3.05, 3.63) is 39.6 Å².